The zero-order valence-electron chi connectivity index (χ0n) is 9.05. The molecule has 16 heavy (non-hydrogen) atoms. The van der Waals surface area contributed by atoms with Crippen LogP contribution >= 0.6 is 0 Å². The summed E-state index contributed by atoms with van der Waals surface area (Å²) in [5.74, 6) is 6.14. The molecular formula is C10H15N5O. The molecule has 5 N–H and O–H groups in total. The molecule has 86 valence electrons. The van der Waals surface area contributed by atoms with Crippen molar-refractivity contribution in [1.82, 2.24) is 15.2 Å². The molecule has 0 amide bonds. The van der Waals surface area contributed by atoms with Crippen LogP contribution in [0.15, 0.2) is 29.2 Å². The van der Waals surface area contributed by atoms with Gasteiger partial charge in [0.2, 0.25) is 0 Å². The molecule has 0 aliphatic carbocycles. The predicted molar refractivity (Wildman–Crippen MR) is 60.1 cm³/mol. The van der Waals surface area contributed by atoms with Gasteiger partial charge in [-0.1, -0.05) is 0 Å². The van der Waals surface area contributed by atoms with Crippen molar-refractivity contribution < 1.29 is 4.42 Å². The average Bonchev–Trinajstić information content (AvgIpc) is 2.88. The van der Waals surface area contributed by atoms with Gasteiger partial charge in [-0.2, -0.15) is 5.10 Å². The predicted octanol–water partition coefficient (Wildman–Crippen LogP) is 0.342. The molecule has 0 saturated heterocycles. The van der Waals surface area contributed by atoms with Crippen LogP contribution in [-0.2, 0) is 13.5 Å². The number of nitrogens with zero attached hydrogens (tertiary/aromatic N) is 2. The first-order valence-electron chi connectivity index (χ1n) is 4.97. The van der Waals surface area contributed by atoms with E-state index in [4.69, 9.17) is 16.0 Å². The largest absolute Gasteiger partial charge is 0.472 e. The molecule has 2 heterocycles. The number of furan rings is 1. The van der Waals surface area contributed by atoms with Gasteiger partial charge in [0.05, 0.1) is 24.8 Å². The zero-order chi connectivity index (χ0) is 11.5. The second-order valence-corrected chi connectivity index (χ2v) is 3.66. The van der Waals surface area contributed by atoms with Gasteiger partial charge in [0.1, 0.15) is 5.82 Å². The fraction of sp³-hybridized carbons (Fsp3) is 0.300. The Balaban J connectivity index is 2.20. The van der Waals surface area contributed by atoms with Gasteiger partial charge >= 0.3 is 0 Å². The molecule has 0 aromatic carbocycles. The molecule has 2 aromatic rings. The maximum atomic E-state index is 5.89. The van der Waals surface area contributed by atoms with Crippen LogP contribution in [0.2, 0.25) is 0 Å². The zero-order valence-corrected chi connectivity index (χ0v) is 9.05. The molecule has 2 aromatic heterocycles. The van der Waals surface area contributed by atoms with E-state index in [9.17, 15) is 0 Å². The number of hydrogen-bond acceptors (Lipinski definition) is 5. The number of nitrogens with one attached hydrogen (secondary N) is 1. The molecule has 0 radical (unpaired) electrons. The highest BCUT2D eigenvalue weighted by Gasteiger charge is 2.16. The Hall–Kier alpha value is -1.79. The normalized spacial score (nSPS) is 12.9. The number of rotatable bonds is 4. The van der Waals surface area contributed by atoms with Gasteiger partial charge in [0.25, 0.3) is 0 Å². The monoisotopic (exact) mass is 221 g/mol. The van der Waals surface area contributed by atoms with E-state index in [0.29, 0.717) is 12.2 Å². The van der Waals surface area contributed by atoms with E-state index >= 15 is 0 Å². The Morgan fingerprint density at radius 2 is 2.44 bits per heavy atom. The van der Waals surface area contributed by atoms with E-state index in [2.05, 4.69) is 10.5 Å². The van der Waals surface area contributed by atoms with Crippen molar-refractivity contribution in [2.45, 2.75) is 12.5 Å². The summed E-state index contributed by atoms with van der Waals surface area (Å²) in [6, 6.07) is 1.84. The Kier molecular flexibility index (Phi) is 2.93. The number of aryl methyl sites for hydroxylation is 1. The lowest BCUT2D eigenvalue weighted by molar-refractivity contribution is 0.536. The first kappa shape index (κ1) is 10.7. The highest BCUT2D eigenvalue weighted by molar-refractivity contribution is 5.41. The van der Waals surface area contributed by atoms with Crippen molar-refractivity contribution in [3.8, 4) is 0 Å². The molecule has 1 atom stereocenters. The SMILES string of the molecule is Cn1ncc(C(Cc2ccoc2)NN)c1N. The summed E-state index contributed by atoms with van der Waals surface area (Å²) in [6.45, 7) is 0. The quantitative estimate of drug-likeness (QED) is 0.511. The number of hydrazine groups is 1. The third-order valence-corrected chi connectivity index (χ3v) is 2.61. The highest BCUT2D eigenvalue weighted by Crippen LogP contribution is 2.22. The molecule has 6 nitrogen and oxygen atoms in total. The van der Waals surface area contributed by atoms with E-state index in [1.54, 1.807) is 30.5 Å². The first-order valence-corrected chi connectivity index (χ1v) is 4.97. The smallest absolute Gasteiger partial charge is 0.126 e. The molecule has 0 aliphatic rings. The molecule has 0 aliphatic heterocycles. The van der Waals surface area contributed by atoms with Crippen LogP contribution in [0.4, 0.5) is 5.82 Å². The number of nitrogens with two attached hydrogens (primary N) is 2. The first-order chi connectivity index (χ1) is 7.72. The molecule has 0 bridgehead atoms. The summed E-state index contributed by atoms with van der Waals surface area (Å²) < 4.78 is 6.63. The van der Waals surface area contributed by atoms with Crippen molar-refractivity contribution in [1.29, 1.82) is 0 Å². The van der Waals surface area contributed by atoms with Crippen molar-refractivity contribution >= 4 is 5.82 Å². The van der Waals surface area contributed by atoms with Gasteiger partial charge in [0, 0.05) is 12.6 Å². The van der Waals surface area contributed by atoms with Crippen LogP contribution in [-0.4, -0.2) is 9.78 Å². The standard InChI is InChI=1S/C10H15N5O/c1-15-10(11)8(5-13-15)9(14-12)4-7-2-3-16-6-7/h2-3,5-6,9,14H,4,11-12H2,1H3. The van der Waals surface area contributed by atoms with Crippen LogP contribution in [0, 0.1) is 0 Å². The summed E-state index contributed by atoms with van der Waals surface area (Å²) >= 11 is 0. The lowest BCUT2D eigenvalue weighted by Gasteiger charge is -2.14. The number of hydrogen-bond donors (Lipinski definition) is 3. The number of nitrogen functional groups attached to an aromatic ring is 1. The molecule has 0 fully saturated rings. The summed E-state index contributed by atoms with van der Waals surface area (Å²) in [5, 5.41) is 4.09. The minimum absolute atomic E-state index is 0.0636. The second kappa shape index (κ2) is 4.38. The van der Waals surface area contributed by atoms with Crippen LogP contribution in [0.3, 0.4) is 0 Å². The van der Waals surface area contributed by atoms with E-state index in [1.165, 1.54) is 0 Å². The molecule has 2 rings (SSSR count). The van der Waals surface area contributed by atoms with Gasteiger partial charge < -0.3 is 10.2 Å². The summed E-state index contributed by atoms with van der Waals surface area (Å²) in [4.78, 5) is 0. The average molecular weight is 221 g/mol. The molecule has 0 saturated carbocycles. The molecular weight excluding hydrogens is 206 g/mol. The summed E-state index contributed by atoms with van der Waals surface area (Å²) in [6.07, 6.45) is 5.76. The third-order valence-electron chi connectivity index (χ3n) is 2.61. The Bertz CT molecular complexity index is 448. The highest BCUT2D eigenvalue weighted by atomic mass is 16.3. The summed E-state index contributed by atoms with van der Waals surface area (Å²) in [7, 11) is 1.80. The van der Waals surface area contributed by atoms with Gasteiger partial charge in [-0.15, -0.1) is 0 Å². The minimum Gasteiger partial charge on any atom is -0.472 e. The Morgan fingerprint density at radius 3 is 2.94 bits per heavy atom. The topological polar surface area (TPSA) is 95.0 Å². The van der Waals surface area contributed by atoms with Gasteiger partial charge in [0.15, 0.2) is 0 Å². The lowest BCUT2D eigenvalue weighted by atomic mass is 10.0. The molecule has 6 heteroatoms. The van der Waals surface area contributed by atoms with E-state index in [0.717, 1.165) is 11.1 Å². The van der Waals surface area contributed by atoms with Crippen molar-refractivity contribution in [3.63, 3.8) is 0 Å². The van der Waals surface area contributed by atoms with Crippen molar-refractivity contribution in [2.75, 3.05) is 5.73 Å². The second-order valence-electron chi connectivity index (χ2n) is 3.66. The third kappa shape index (κ3) is 1.93. The fourth-order valence-electron chi connectivity index (χ4n) is 1.64. The van der Waals surface area contributed by atoms with Crippen LogP contribution in [0.5, 0.6) is 0 Å². The van der Waals surface area contributed by atoms with Crippen molar-refractivity contribution in [2.24, 2.45) is 12.9 Å². The van der Waals surface area contributed by atoms with Gasteiger partial charge in [-0.05, 0) is 18.1 Å². The van der Waals surface area contributed by atoms with E-state index < -0.39 is 0 Å². The van der Waals surface area contributed by atoms with Gasteiger partial charge in [-0.3, -0.25) is 16.0 Å². The number of anilines is 1. The maximum absolute atomic E-state index is 5.89. The molecule has 1 unspecified atom stereocenters. The van der Waals surface area contributed by atoms with E-state index in [1.807, 2.05) is 6.07 Å². The lowest BCUT2D eigenvalue weighted by Crippen LogP contribution is -2.29. The minimum atomic E-state index is -0.0636. The van der Waals surface area contributed by atoms with Gasteiger partial charge in [-0.25, -0.2) is 0 Å². The van der Waals surface area contributed by atoms with Crippen LogP contribution in [0.1, 0.15) is 17.2 Å². The fourth-order valence-corrected chi connectivity index (χ4v) is 1.64. The Morgan fingerprint density at radius 1 is 1.62 bits per heavy atom. The summed E-state index contributed by atoms with van der Waals surface area (Å²) in [5.41, 5.74) is 10.6. The van der Waals surface area contributed by atoms with Crippen LogP contribution < -0.4 is 17.0 Å². The van der Waals surface area contributed by atoms with Crippen molar-refractivity contribution in [3.05, 3.63) is 35.9 Å². The Labute approximate surface area is 93.2 Å². The van der Waals surface area contributed by atoms with E-state index in [-0.39, 0.29) is 6.04 Å². The van der Waals surface area contributed by atoms with Crippen LogP contribution in [0.25, 0.3) is 0 Å². The number of aromatic nitrogens is 2. The maximum Gasteiger partial charge on any atom is 0.126 e. The molecule has 0 spiro atoms.